The van der Waals surface area contributed by atoms with Crippen molar-refractivity contribution in [1.82, 2.24) is 9.38 Å². The molecule has 0 unspecified atom stereocenters. The summed E-state index contributed by atoms with van der Waals surface area (Å²) in [6.45, 7) is 0. The molecule has 2 heterocycles. The van der Waals surface area contributed by atoms with Crippen molar-refractivity contribution >= 4 is 17.4 Å². The van der Waals surface area contributed by atoms with Crippen LogP contribution in [0.5, 0.6) is 0 Å². The van der Waals surface area contributed by atoms with Gasteiger partial charge in [0.25, 0.3) is 0 Å². The third-order valence-electron chi connectivity index (χ3n) is 2.19. The monoisotopic (exact) mass is 219 g/mol. The number of amidine groups is 1. The molecule has 0 aliphatic heterocycles. The Bertz CT molecular complexity index is 587. The van der Waals surface area contributed by atoms with Crippen LogP contribution in [-0.4, -0.2) is 26.3 Å². The van der Waals surface area contributed by atoms with E-state index in [1.54, 1.807) is 16.8 Å². The first-order valence-electron chi connectivity index (χ1n) is 4.38. The molecule has 0 aliphatic carbocycles. The van der Waals surface area contributed by atoms with Crippen molar-refractivity contribution in [2.75, 3.05) is 0 Å². The number of rotatable bonds is 2. The van der Waals surface area contributed by atoms with Crippen LogP contribution >= 0.6 is 0 Å². The minimum absolute atomic E-state index is 0.161. The van der Waals surface area contributed by atoms with Gasteiger partial charge < -0.3 is 21.1 Å². The molecule has 2 rings (SSSR count). The number of amides is 1. The number of imidazole rings is 1. The molecular formula is C9H9N5O2. The zero-order valence-electron chi connectivity index (χ0n) is 8.16. The van der Waals surface area contributed by atoms with Crippen molar-refractivity contribution in [3.05, 3.63) is 35.8 Å². The summed E-state index contributed by atoms with van der Waals surface area (Å²) in [6, 6.07) is 1.49. The lowest BCUT2D eigenvalue weighted by Gasteiger charge is -2.06. The van der Waals surface area contributed by atoms with E-state index in [-0.39, 0.29) is 17.0 Å². The molecule has 0 aliphatic rings. The fourth-order valence-corrected chi connectivity index (χ4v) is 1.49. The highest BCUT2D eigenvalue weighted by atomic mass is 16.4. The van der Waals surface area contributed by atoms with E-state index in [2.05, 4.69) is 10.1 Å². The van der Waals surface area contributed by atoms with Crippen LogP contribution in [0.25, 0.3) is 5.65 Å². The molecule has 82 valence electrons. The van der Waals surface area contributed by atoms with Crippen molar-refractivity contribution in [1.29, 1.82) is 0 Å². The summed E-state index contributed by atoms with van der Waals surface area (Å²) < 4.78 is 1.64. The van der Waals surface area contributed by atoms with Gasteiger partial charge in [0.2, 0.25) is 5.91 Å². The molecule has 0 fully saturated rings. The Hall–Kier alpha value is -2.57. The molecule has 0 saturated carbocycles. The second kappa shape index (κ2) is 3.54. The third kappa shape index (κ3) is 1.34. The second-order valence-electron chi connectivity index (χ2n) is 3.11. The van der Waals surface area contributed by atoms with Crippen molar-refractivity contribution in [2.45, 2.75) is 0 Å². The standard InChI is InChI=1S/C9H9N5O2/c10-7(13-16)6-5(8(11)15)1-3-14-4-2-12-9(6)14/h1-4,16H,(H2,10,13)(H2,11,15). The lowest BCUT2D eigenvalue weighted by Crippen LogP contribution is -2.22. The number of nitrogens with two attached hydrogens (primary N) is 2. The van der Waals surface area contributed by atoms with Gasteiger partial charge in [-0.2, -0.15) is 0 Å². The summed E-state index contributed by atoms with van der Waals surface area (Å²) in [5, 5.41) is 11.5. The zero-order valence-corrected chi connectivity index (χ0v) is 8.16. The first-order valence-corrected chi connectivity index (χ1v) is 4.38. The van der Waals surface area contributed by atoms with Gasteiger partial charge in [-0.25, -0.2) is 4.98 Å². The van der Waals surface area contributed by atoms with E-state index in [9.17, 15) is 4.79 Å². The maximum Gasteiger partial charge on any atom is 0.249 e. The first kappa shape index (κ1) is 9.97. The molecule has 16 heavy (non-hydrogen) atoms. The van der Waals surface area contributed by atoms with E-state index >= 15 is 0 Å². The Labute approximate surface area is 90.0 Å². The van der Waals surface area contributed by atoms with Crippen molar-refractivity contribution in [3.8, 4) is 0 Å². The highest BCUT2D eigenvalue weighted by molar-refractivity contribution is 6.11. The zero-order chi connectivity index (χ0) is 11.7. The normalized spacial score (nSPS) is 11.9. The van der Waals surface area contributed by atoms with Crippen molar-refractivity contribution < 1.29 is 10.0 Å². The Morgan fingerprint density at radius 3 is 2.81 bits per heavy atom. The summed E-state index contributed by atoms with van der Waals surface area (Å²) in [5.41, 5.74) is 11.5. The topological polar surface area (TPSA) is 119 Å². The number of carbonyl (C=O) groups is 1. The maximum absolute atomic E-state index is 11.2. The molecule has 0 aromatic carbocycles. The molecule has 5 N–H and O–H groups in total. The summed E-state index contributed by atoms with van der Waals surface area (Å²) in [5.74, 6) is -0.863. The van der Waals surface area contributed by atoms with Gasteiger partial charge in [0, 0.05) is 18.6 Å². The predicted molar refractivity (Wildman–Crippen MR) is 56.2 cm³/mol. The number of nitrogens with zero attached hydrogens (tertiary/aromatic N) is 3. The quantitative estimate of drug-likeness (QED) is 0.273. The van der Waals surface area contributed by atoms with E-state index in [0.29, 0.717) is 5.65 Å². The first-order chi connectivity index (χ1) is 7.65. The van der Waals surface area contributed by atoms with Gasteiger partial charge in [0.15, 0.2) is 5.84 Å². The Kier molecular flexibility index (Phi) is 2.20. The minimum Gasteiger partial charge on any atom is -0.409 e. The van der Waals surface area contributed by atoms with Crippen LogP contribution in [0, 0.1) is 0 Å². The van der Waals surface area contributed by atoms with Gasteiger partial charge in [0.05, 0.1) is 11.1 Å². The Morgan fingerprint density at radius 1 is 1.44 bits per heavy atom. The molecule has 2 aromatic rings. The average molecular weight is 219 g/mol. The Morgan fingerprint density at radius 2 is 2.19 bits per heavy atom. The van der Waals surface area contributed by atoms with Gasteiger partial charge in [-0.3, -0.25) is 4.79 Å². The van der Waals surface area contributed by atoms with Crippen LogP contribution in [0.3, 0.4) is 0 Å². The predicted octanol–water partition coefficient (Wildman–Crippen LogP) is -0.472. The maximum atomic E-state index is 11.2. The molecule has 0 spiro atoms. The fourth-order valence-electron chi connectivity index (χ4n) is 1.49. The highest BCUT2D eigenvalue weighted by Gasteiger charge is 2.16. The lowest BCUT2D eigenvalue weighted by atomic mass is 10.1. The molecule has 0 bridgehead atoms. The van der Waals surface area contributed by atoms with Gasteiger partial charge in [-0.05, 0) is 6.07 Å². The lowest BCUT2D eigenvalue weighted by molar-refractivity contribution is 0.1000. The van der Waals surface area contributed by atoms with Crippen LogP contribution in [-0.2, 0) is 0 Å². The van der Waals surface area contributed by atoms with Gasteiger partial charge in [-0.1, -0.05) is 5.16 Å². The summed E-state index contributed by atoms with van der Waals surface area (Å²) >= 11 is 0. The Balaban J connectivity index is 2.86. The fraction of sp³-hybridized carbons (Fsp3) is 0. The van der Waals surface area contributed by atoms with Crippen LogP contribution in [0.1, 0.15) is 15.9 Å². The second-order valence-corrected chi connectivity index (χ2v) is 3.11. The number of fused-ring (bicyclic) bond motifs is 1. The van der Waals surface area contributed by atoms with Crippen molar-refractivity contribution in [3.63, 3.8) is 0 Å². The molecule has 1 amide bonds. The molecule has 7 heteroatoms. The third-order valence-corrected chi connectivity index (χ3v) is 2.19. The van der Waals surface area contributed by atoms with Crippen LogP contribution in [0.15, 0.2) is 29.8 Å². The molecular weight excluding hydrogens is 210 g/mol. The SMILES string of the molecule is NC(=O)c1ccn2ccnc2c1C(N)=NO. The van der Waals surface area contributed by atoms with E-state index in [1.165, 1.54) is 12.3 Å². The van der Waals surface area contributed by atoms with Crippen LogP contribution in [0.4, 0.5) is 0 Å². The van der Waals surface area contributed by atoms with E-state index < -0.39 is 5.91 Å². The number of hydrogen-bond acceptors (Lipinski definition) is 4. The largest absolute Gasteiger partial charge is 0.409 e. The molecule has 0 atom stereocenters. The number of aromatic nitrogens is 2. The van der Waals surface area contributed by atoms with Crippen LogP contribution in [0.2, 0.25) is 0 Å². The molecule has 2 aromatic heterocycles. The number of pyridine rings is 1. The minimum atomic E-state index is -0.660. The molecule has 0 saturated heterocycles. The van der Waals surface area contributed by atoms with E-state index in [4.69, 9.17) is 16.7 Å². The van der Waals surface area contributed by atoms with Gasteiger partial charge >= 0.3 is 0 Å². The number of hydrogen-bond donors (Lipinski definition) is 3. The smallest absolute Gasteiger partial charge is 0.249 e. The summed E-state index contributed by atoms with van der Waals surface area (Å²) in [7, 11) is 0. The van der Waals surface area contributed by atoms with Crippen LogP contribution < -0.4 is 11.5 Å². The summed E-state index contributed by atoms with van der Waals surface area (Å²) in [4.78, 5) is 15.2. The molecule has 0 radical (unpaired) electrons. The number of oxime groups is 1. The van der Waals surface area contributed by atoms with Crippen molar-refractivity contribution in [2.24, 2.45) is 16.6 Å². The van der Waals surface area contributed by atoms with E-state index in [0.717, 1.165) is 0 Å². The van der Waals surface area contributed by atoms with Gasteiger partial charge in [-0.15, -0.1) is 0 Å². The van der Waals surface area contributed by atoms with E-state index in [1.807, 2.05) is 0 Å². The number of primary amides is 1. The highest BCUT2D eigenvalue weighted by Crippen LogP contribution is 2.14. The van der Waals surface area contributed by atoms with Gasteiger partial charge in [0.1, 0.15) is 5.65 Å². The number of carbonyl (C=O) groups excluding carboxylic acids is 1. The summed E-state index contributed by atoms with van der Waals surface area (Å²) in [6.07, 6.45) is 4.83. The molecule has 7 nitrogen and oxygen atoms in total. The average Bonchev–Trinajstić information content (AvgIpc) is 2.74.